The van der Waals surface area contributed by atoms with Crippen LogP contribution in [0.15, 0.2) is 0 Å². The van der Waals surface area contributed by atoms with Crippen LogP contribution in [0.25, 0.3) is 0 Å². The molecule has 1 aliphatic carbocycles. The molecule has 0 aromatic carbocycles. The summed E-state index contributed by atoms with van der Waals surface area (Å²) >= 11 is 0. The van der Waals surface area contributed by atoms with E-state index in [0.29, 0.717) is 26.0 Å². The first-order valence-corrected chi connectivity index (χ1v) is 10.9. The highest BCUT2D eigenvalue weighted by molar-refractivity contribution is 5.80. The minimum atomic E-state index is -1.30. The quantitative estimate of drug-likeness (QED) is 0.551. The standard InChI is InChI=1S/C22H42N2O4/c1-7-10-12-22(23,18(25)26)21(6)15-17(14-20(4,5)16-21)24(13-11-8-2)19(27)28-9-3/h17H,7-16,23H2,1-6H3,(H,25,26). The van der Waals surface area contributed by atoms with E-state index in [1.54, 1.807) is 0 Å². The van der Waals surface area contributed by atoms with Crippen LogP contribution in [0.3, 0.4) is 0 Å². The van der Waals surface area contributed by atoms with Crippen LogP contribution in [-0.4, -0.2) is 46.8 Å². The van der Waals surface area contributed by atoms with Gasteiger partial charge >= 0.3 is 12.1 Å². The molecule has 0 aliphatic heterocycles. The van der Waals surface area contributed by atoms with Gasteiger partial charge in [-0.15, -0.1) is 0 Å². The Balaban J connectivity index is 3.28. The molecule has 28 heavy (non-hydrogen) atoms. The van der Waals surface area contributed by atoms with Crippen molar-refractivity contribution in [3.8, 4) is 0 Å². The maximum atomic E-state index is 12.7. The second-order valence-electron chi connectivity index (χ2n) is 9.59. The number of hydrogen-bond donors (Lipinski definition) is 2. The summed E-state index contributed by atoms with van der Waals surface area (Å²) in [7, 11) is 0. The van der Waals surface area contributed by atoms with Gasteiger partial charge in [0.1, 0.15) is 5.54 Å². The van der Waals surface area contributed by atoms with E-state index in [9.17, 15) is 14.7 Å². The van der Waals surface area contributed by atoms with Crippen molar-refractivity contribution in [1.82, 2.24) is 4.90 Å². The van der Waals surface area contributed by atoms with Gasteiger partial charge in [0.2, 0.25) is 0 Å². The molecule has 0 spiro atoms. The summed E-state index contributed by atoms with van der Waals surface area (Å²) in [6, 6.07) is -0.0664. The number of hydrogen-bond acceptors (Lipinski definition) is 4. The van der Waals surface area contributed by atoms with Crippen LogP contribution in [0.1, 0.15) is 92.9 Å². The normalized spacial score (nSPS) is 26.3. The first-order chi connectivity index (χ1) is 13.0. The third-order valence-electron chi connectivity index (χ3n) is 6.42. The summed E-state index contributed by atoms with van der Waals surface area (Å²) in [5.74, 6) is -0.934. The minimum absolute atomic E-state index is 0.0664. The molecule has 1 amide bonds. The molecule has 1 rings (SSSR count). The lowest BCUT2D eigenvalue weighted by Gasteiger charge is -2.55. The summed E-state index contributed by atoms with van der Waals surface area (Å²) in [5.41, 5.74) is 4.61. The van der Waals surface area contributed by atoms with Gasteiger partial charge in [-0.1, -0.05) is 53.9 Å². The molecule has 0 aromatic heterocycles. The average molecular weight is 399 g/mol. The molecule has 0 aromatic rings. The molecule has 3 N–H and O–H groups in total. The fourth-order valence-corrected chi connectivity index (χ4v) is 5.07. The fourth-order valence-electron chi connectivity index (χ4n) is 5.07. The minimum Gasteiger partial charge on any atom is -0.480 e. The maximum Gasteiger partial charge on any atom is 0.409 e. The average Bonchev–Trinajstić information content (AvgIpc) is 2.58. The number of unbranched alkanes of at least 4 members (excludes halogenated alkanes) is 2. The van der Waals surface area contributed by atoms with Gasteiger partial charge in [-0.05, 0) is 49.9 Å². The lowest BCUT2D eigenvalue weighted by molar-refractivity contribution is -0.153. The highest BCUT2D eigenvalue weighted by Crippen LogP contribution is 2.53. The van der Waals surface area contributed by atoms with Crippen molar-refractivity contribution in [2.45, 2.75) is 104 Å². The molecule has 0 saturated heterocycles. The molecule has 1 fully saturated rings. The van der Waals surface area contributed by atoms with E-state index in [-0.39, 0.29) is 17.6 Å². The molecular formula is C22H42N2O4. The van der Waals surface area contributed by atoms with Crippen molar-refractivity contribution < 1.29 is 19.4 Å². The van der Waals surface area contributed by atoms with Gasteiger partial charge in [0.15, 0.2) is 0 Å². The number of amides is 1. The number of nitrogens with two attached hydrogens (primary N) is 1. The van der Waals surface area contributed by atoms with E-state index in [0.717, 1.165) is 38.5 Å². The van der Waals surface area contributed by atoms with E-state index in [1.807, 2.05) is 25.7 Å². The molecule has 6 heteroatoms. The summed E-state index contributed by atoms with van der Waals surface area (Å²) in [6.45, 7) is 13.2. The molecule has 6 nitrogen and oxygen atoms in total. The van der Waals surface area contributed by atoms with Crippen LogP contribution < -0.4 is 5.73 Å². The van der Waals surface area contributed by atoms with Crippen molar-refractivity contribution in [2.75, 3.05) is 13.2 Å². The van der Waals surface area contributed by atoms with Gasteiger partial charge in [-0.3, -0.25) is 4.79 Å². The Hall–Kier alpha value is -1.30. The second kappa shape index (κ2) is 9.95. The molecule has 0 radical (unpaired) electrons. The van der Waals surface area contributed by atoms with Crippen LogP contribution in [0.4, 0.5) is 4.79 Å². The largest absolute Gasteiger partial charge is 0.480 e. The number of carbonyl (C=O) groups excluding carboxylic acids is 1. The van der Waals surface area contributed by atoms with Crippen LogP contribution >= 0.6 is 0 Å². The Labute approximate surface area is 171 Å². The second-order valence-corrected chi connectivity index (χ2v) is 9.59. The smallest absolute Gasteiger partial charge is 0.409 e. The van der Waals surface area contributed by atoms with Crippen LogP contribution in [0.2, 0.25) is 0 Å². The van der Waals surface area contributed by atoms with Gasteiger partial charge in [-0.2, -0.15) is 0 Å². The summed E-state index contributed by atoms with van der Waals surface area (Å²) in [6.07, 6.45) is 5.86. The molecule has 0 bridgehead atoms. The van der Waals surface area contributed by atoms with Gasteiger partial charge in [0, 0.05) is 12.6 Å². The molecular weight excluding hydrogens is 356 g/mol. The van der Waals surface area contributed by atoms with Crippen LogP contribution in [0.5, 0.6) is 0 Å². The van der Waals surface area contributed by atoms with Crippen LogP contribution in [0, 0.1) is 10.8 Å². The SMILES string of the molecule is CCCCN(C(=O)OCC)C1CC(C)(C)CC(C)(C(N)(CCCC)C(=O)O)C1. The van der Waals surface area contributed by atoms with Crippen LogP contribution in [-0.2, 0) is 9.53 Å². The Morgan fingerprint density at radius 1 is 1.14 bits per heavy atom. The number of ether oxygens (including phenoxy) is 1. The Kier molecular flexibility index (Phi) is 8.79. The van der Waals surface area contributed by atoms with Crippen molar-refractivity contribution in [2.24, 2.45) is 16.6 Å². The molecule has 1 aliphatic rings. The number of rotatable bonds is 10. The summed E-state index contributed by atoms with van der Waals surface area (Å²) in [5, 5.41) is 10.1. The van der Waals surface area contributed by atoms with Gasteiger partial charge in [-0.25, -0.2) is 4.79 Å². The molecule has 0 heterocycles. The zero-order valence-corrected chi connectivity index (χ0v) is 18.8. The first-order valence-electron chi connectivity index (χ1n) is 10.9. The number of carbonyl (C=O) groups is 2. The topological polar surface area (TPSA) is 92.9 Å². The Bertz CT molecular complexity index is 537. The van der Waals surface area contributed by atoms with E-state index in [4.69, 9.17) is 10.5 Å². The molecule has 3 unspecified atom stereocenters. The predicted molar refractivity (Wildman–Crippen MR) is 112 cm³/mol. The predicted octanol–water partition coefficient (Wildman–Crippen LogP) is 4.80. The highest BCUT2D eigenvalue weighted by Gasteiger charge is 2.56. The number of carboxylic acids is 1. The molecule has 164 valence electrons. The third kappa shape index (κ3) is 5.62. The van der Waals surface area contributed by atoms with Crippen molar-refractivity contribution in [3.63, 3.8) is 0 Å². The number of nitrogens with zero attached hydrogens (tertiary/aromatic N) is 1. The number of carboxylic acid groups (broad SMARTS) is 1. The van der Waals surface area contributed by atoms with Gasteiger partial charge in [0.25, 0.3) is 0 Å². The molecule has 3 atom stereocenters. The third-order valence-corrected chi connectivity index (χ3v) is 6.42. The fraction of sp³-hybridized carbons (Fsp3) is 0.909. The summed E-state index contributed by atoms with van der Waals surface area (Å²) < 4.78 is 5.33. The van der Waals surface area contributed by atoms with E-state index in [2.05, 4.69) is 20.8 Å². The van der Waals surface area contributed by atoms with E-state index >= 15 is 0 Å². The Morgan fingerprint density at radius 3 is 2.25 bits per heavy atom. The lowest BCUT2D eigenvalue weighted by atomic mass is 9.54. The number of aliphatic carboxylic acids is 1. The Morgan fingerprint density at radius 2 is 1.75 bits per heavy atom. The highest BCUT2D eigenvalue weighted by atomic mass is 16.6. The lowest BCUT2D eigenvalue weighted by Crippen LogP contribution is -2.64. The molecule has 1 saturated carbocycles. The van der Waals surface area contributed by atoms with E-state index < -0.39 is 16.9 Å². The summed E-state index contributed by atoms with van der Waals surface area (Å²) in [4.78, 5) is 26.8. The zero-order valence-electron chi connectivity index (χ0n) is 18.8. The maximum absolute atomic E-state index is 12.7. The van der Waals surface area contributed by atoms with Gasteiger partial charge < -0.3 is 20.5 Å². The van der Waals surface area contributed by atoms with Crippen molar-refractivity contribution >= 4 is 12.1 Å². The first kappa shape index (κ1) is 24.7. The van der Waals surface area contributed by atoms with E-state index in [1.165, 1.54) is 0 Å². The van der Waals surface area contributed by atoms with Gasteiger partial charge in [0.05, 0.1) is 6.61 Å². The van der Waals surface area contributed by atoms with Crippen molar-refractivity contribution in [1.29, 1.82) is 0 Å². The monoisotopic (exact) mass is 398 g/mol. The van der Waals surface area contributed by atoms with Crippen molar-refractivity contribution in [3.05, 3.63) is 0 Å². The zero-order chi connectivity index (χ0) is 21.6.